The summed E-state index contributed by atoms with van der Waals surface area (Å²) in [6.07, 6.45) is 6.17. The molecule has 1 aliphatic carbocycles. The van der Waals surface area contributed by atoms with Gasteiger partial charge in [0.1, 0.15) is 0 Å². The molecule has 0 bridgehead atoms. The van der Waals surface area contributed by atoms with Gasteiger partial charge in [-0.05, 0) is 24.7 Å². The van der Waals surface area contributed by atoms with Gasteiger partial charge < -0.3 is 15.2 Å². The van der Waals surface area contributed by atoms with Gasteiger partial charge in [0.05, 0.1) is 12.7 Å². The van der Waals surface area contributed by atoms with E-state index in [1.165, 1.54) is 32.1 Å². The highest BCUT2D eigenvalue weighted by molar-refractivity contribution is 4.78. The molecule has 108 valence electrons. The second-order valence-corrected chi connectivity index (χ2v) is 6.13. The van der Waals surface area contributed by atoms with Crippen molar-refractivity contribution < 1.29 is 9.84 Å². The van der Waals surface area contributed by atoms with Gasteiger partial charge in [0.15, 0.2) is 0 Å². The van der Waals surface area contributed by atoms with Crippen LogP contribution in [-0.4, -0.2) is 37.0 Å². The number of aliphatic hydroxyl groups excluding tert-OH is 1. The SMILES string of the molecule is CCC1CCCC(NCC(O)COCC(C)C)C1. The average molecular weight is 257 g/mol. The normalized spacial score (nSPS) is 26.5. The van der Waals surface area contributed by atoms with E-state index in [2.05, 4.69) is 26.1 Å². The zero-order valence-electron chi connectivity index (χ0n) is 12.3. The Morgan fingerprint density at radius 2 is 2.06 bits per heavy atom. The molecule has 3 unspecified atom stereocenters. The predicted octanol–water partition coefficient (Wildman–Crippen LogP) is 2.58. The third kappa shape index (κ3) is 6.72. The van der Waals surface area contributed by atoms with Crippen molar-refractivity contribution in [2.45, 2.75) is 65.0 Å². The third-order valence-electron chi connectivity index (χ3n) is 3.76. The van der Waals surface area contributed by atoms with Crippen LogP contribution in [0, 0.1) is 11.8 Å². The summed E-state index contributed by atoms with van der Waals surface area (Å²) in [5, 5.41) is 13.3. The van der Waals surface area contributed by atoms with Gasteiger partial charge in [-0.1, -0.05) is 40.0 Å². The van der Waals surface area contributed by atoms with E-state index in [1.54, 1.807) is 0 Å². The molecule has 1 rings (SSSR count). The van der Waals surface area contributed by atoms with Crippen molar-refractivity contribution in [1.82, 2.24) is 5.32 Å². The molecule has 0 aliphatic heterocycles. The van der Waals surface area contributed by atoms with E-state index >= 15 is 0 Å². The molecular weight excluding hydrogens is 226 g/mol. The molecule has 0 amide bonds. The smallest absolute Gasteiger partial charge is 0.0897 e. The summed E-state index contributed by atoms with van der Waals surface area (Å²) in [6.45, 7) is 8.38. The molecule has 1 saturated carbocycles. The van der Waals surface area contributed by atoms with Crippen LogP contribution in [0.3, 0.4) is 0 Å². The van der Waals surface area contributed by atoms with Gasteiger partial charge in [-0.2, -0.15) is 0 Å². The van der Waals surface area contributed by atoms with E-state index in [1.807, 2.05) is 0 Å². The molecule has 0 heterocycles. The number of aliphatic hydroxyl groups is 1. The van der Waals surface area contributed by atoms with E-state index in [-0.39, 0.29) is 6.10 Å². The van der Waals surface area contributed by atoms with Crippen LogP contribution >= 0.6 is 0 Å². The van der Waals surface area contributed by atoms with Gasteiger partial charge >= 0.3 is 0 Å². The van der Waals surface area contributed by atoms with Crippen molar-refractivity contribution >= 4 is 0 Å². The van der Waals surface area contributed by atoms with Gasteiger partial charge in [-0.3, -0.25) is 0 Å². The molecule has 1 fully saturated rings. The fraction of sp³-hybridized carbons (Fsp3) is 1.00. The summed E-state index contributed by atoms with van der Waals surface area (Å²) in [4.78, 5) is 0. The molecule has 0 spiro atoms. The third-order valence-corrected chi connectivity index (χ3v) is 3.76. The molecule has 0 aromatic rings. The van der Waals surface area contributed by atoms with Crippen LogP contribution in [-0.2, 0) is 4.74 Å². The van der Waals surface area contributed by atoms with Crippen molar-refractivity contribution in [2.75, 3.05) is 19.8 Å². The van der Waals surface area contributed by atoms with Crippen LogP contribution in [0.5, 0.6) is 0 Å². The maximum absolute atomic E-state index is 9.83. The molecule has 0 radical (unpaired) electrons. The number of ether oxygens (including phenoxy) is 1. The minimum atomic E-state index is -0.370. The largest absolute Gasteiger partial charge is 0.389 e. The Labute approximate surface area is 112 Å². The Kier molecular flexibility index (Phi) is 7.87. The topological polar surface area (TPSA) is 41.5 Å². The van der Waals surface area contributed by atoms with Gasteiger partial charge in [-0.25, -0.2) is 0 Å². The van der Waals surface area contributed by atoms with Crippen molar-refractivity contribution in [3.8, 4) is 0 Å². The number of hydrogen-bond donors (Lipinski definition) is 2. The Balaban J connectivity index is 2.08. The van der Waals surface area contributed by atoms with Crippen LogP contribution in [0.2, 0.25) is 0 Å². The lowest BCUT2D eigenvalue weighted by atomic mass is 9.84. The molecular formula is C15H31NO2. The standard InChI is InChI=1S/C15H31NO2/c1-4-13-6-5-7-14(8-13)16-9-15(17)11-18-10-12(2)3/h12-17H,4-11H2,1-3H3. The molecule has 3 nitrogen and oxygen atoms in total. The molecule has 3 heteroatoms. The van der Waals surface area contributed by atoms with Gasteiger partial charge in [0.2, 0.25) is 0 Å². The Bertz CT molecular complexity index is 209. The Hall–Kier alpha value is -0.120. The van der Waals surface area contributed by atoms with Crippen molar-refractivity contribution in [3.05, 3.63) is 0 Å². The lowest BCUT2D eigenvalue weighted by molar-refractivity contribution is 0.0240. The molecule has 0 aromatic carbocycles. The molecule has 18 heavy (non-hydrogen) atoms. The van der Waals surface area contributed by atoms with Crippen LogP contribution in [0.25, 0.3) is 0 Å². The molecule has 3 atom stereocenters. The summed E-state index contributed by atoms with van der Waals surface area (Å²) < 4.78 is 5.45. The first-order valence-electron chi connectivity index (χ1n) is 7.61. The lowest BCUT2D eigenvalue weighted by Gasteiger charge is -2.30. The first kappa shape index (κ1) is 15.9. The van der Waals surface area contributed by atoms with Crippen molar-refractivity contribution in [3.63, 3.8) is 0 Å². The second kappa shape index (κ2) is 8.89. The van der Waals surface area contributed by atoms with Crippen LogP contribution in [0.15, 0.2) is 0 Å². The van der Waals surface area contributed by atoms with Crippen molar-refractivity contribution in [2.24, 2.45) is 11.8 Å². The van der Waals surface area contributed by atoms with Crippen LogP contribution in [0.4, 0.5) is 0 Å². The highest BCUT2D eigenvalue weighted by atomic mass is 16.5. The fourth-order valence-electron chi connectivity index (χ4n) is 2.65. The van der Waals surface area contributed by atoms with Crippen LogP contribution < -0.4 is 5.32 Å². The molecule has 0 saturated heterocycles. The summed E-state index contributed by atoms with van der Waals surface area (Å²) >= 11 is 0. The summed E-state index contributed by atoms with van der Waals surface area (Å²) in [5.74, 6) is 1.42. The minimum absolute atomic E-state index is 0.370. The lowest BCUT2D eigenvalue weighted by Crippen LogP contribution is -2.40. The van der Waals surface area contributed by atoms with Crippen LogP contribution in [0.1, 0.15) is 52.9 Å². The fourth-order valence-corrected chi connectivity index (χ4v) is 2.65. The maximum Gasteiger partial charge on any atom is 0.0897 e. The monoisotopic (exact) mass is 257 g/mol. The predicted molar refractivity (Wildman–Crippen MR) is 75.7 cm³/mol. The van der Waals surface area contributed by atoms with E-state index in [0.29, 0.717) is 25.1 Å². The Morgan fingerprint density at radius 3 is 2.72 bits per heavy atom. The van der Waals surface area contributed by atoms with Crippen molar-refractivity contribution in [1.29, 1.82) is 0 Å². The van der Waals surface area contributed by atoms with Gasteiger partial charge in [0.25, 0.3) is 0 Å². The zero-order valence-corrected chi connectivity index (χ0v) is 12.3. The Morgan fingerprint density at radius 1 is 1.28 bits per heavy atom. The minimum Gasteiger partial charge on any atom is -0.389 e. The number of hydrogen-bond acceptors (Lipinski definition) is 3. The molecule has 0 aromatic heterocycles. The van der Waals surface area contributed by atoms with Gasteiger partial charge in [0, 0.05) is 19.2 Å². The van der Waals surface area contributed by atoms with E-state index in [4.69, 9.17) is 4.74 Å². The maximum atomic E-state index is 9.83. The van der Waals surface area contributed by atoms with Gasteiger partial charge in [-0.15, -0.1) is 0 Å². The van der Waals surface area contributed by atoms with E-state index < -0.39 is 0 Å². The van der Waals surface area contributed by atoms with E-state index in [9.17, 15) is 5.11 Å². The summed E-state index contributed by atoms with van der Waals surface area (Å²) in [5.41, 5.74) is 0. The first-order valence-corrected chi connectivity index (χ1v) is 7.61. The quantitative estimate of drug-likeness (QED) is 0.702. The number of rotatable bonds is 8. The first-order chi connectivity index (χ1) is 8.61. The highest BCUT2D eigenvalue weighted by Gasteiger charge is 2.20. The van der Waals surface area contributed by atoms with E-state index in [0.717, 1.165) is 12.5 Å². The molecule has 1 aliphatic rings. The summed E-state index contributed by atoms with van der Waals surface area (Å²) in [7, 11) is 0. The average Bonchev–Trinajstić information content (AvgIpc) is 2.36. The molecule has 2 N–H and O–H groups in total. The summed E-state index contributed by atoms with van der Waals surface area (Å²) in [6, 6.07) is 0.600. The number of nitrogens with one attached hydrogen (secondary N) is 1. The highest BCUT2D eigenvalue weighted by Crippen LogP contribution is 2.26. The second-order valence-electron chi connectivity index (χ2n) is 6.13. The zero-order chi connectivity index (χ0) is 13.4.